The molecule has 0 spiro atoms. The molecule has 0 bridgehead atoms. The minimum absolute atomic E-state index is 0.244. The van der Waals surface area contributed by atoms with Crippen molar-refractivity contribution in [1.82, 2.24) is 21.7 Å². The molecule has 3 rings (SSSR count). The van der Waals surface area contributed by atoms with E-state index in [0.717, 1.165) is 0 Å². The van der Waals surface area contributed by atoms with E-state index in [4.69, 9.17) is 0 Å². The third-order valence-corrected chi connectivity index (χ3v) is 4.06. The number of hydrogen-bond acceptors (Lipinski definition) is 4. The minimum atomic E-state index is -0.538. The van der Waals surface area contributed by atoms with E-state index >= 15 is 0 Å². The van der Waals surface area contributed by atoms with Crippen LogP contribution in [0.1, 0.15) is 41.4 Å². The molecule has 0 aromatic heterocycles. The fraction of sp³-hybridized carbons (Fsp3) is 0. The van der Waals surface area contributed by atoms with Gasteiger partial charge in [0.05, 0.1) is 0 Å². The van der Waals surface area contributed by atoms with Crippen LogP contribution in [0, 0.1) is 0 Å². The summed E-state index contributed by atoms with van der Waals surface area (Å²) < 4.78 is 0. The maximum Gasteiger partial charge on any atom is 0.269 e. The predicted octanol–water partition coefficient (Wildman–Crippen LogP) is 1.84. The first kappa shape index (κ1) is 20.3. The van der Waals surface area contributed by atoms with Crippen LogP contribution in [0.2, 0.25) is 0 Å². The fourth-order valence-corrected chi connectivity index (χ4v) is 2.47. The molecule has 0 aliphatic carbocycles. The fourth-order valence-electron chi connectivity index (χ4n) is 2.47. The van der Waals surface area contributed by atoms with Gasteiger partial charge < -0.3 is 0 Å². The molecular formula is C22H18N4O4. The molecule has 0 saturated carbocycles. The first-order chi connectivity index (χ1) is 14.5. The Balaban J connectivity index is 1.51. The van der Waals surface area contributed by atoms with Gasteiger partial charge in [0.25, 0.3) is 23.6 Å². The van der Waals surface area contributed by atoms with Crippen LogP contribution in [0.25, 0.3) is 0 Å². The van der Waals surface area contributed by atoms with E-state index in [1.807, 2.05) is 0 Å². The van der Waals surface area contributed by atoms with Crippen LogP contribution in [-0.2, 0) is 0 Å². The highest BCUT2D eigenvalue weighted by Crippen LogP contribution is 2.05. The molecule has 8 nitrogen and oxygen atoms in total. The van der Waals surface area contributed by atoms with Gasteiger partial charge >= 0.3 is 0 Å². The van der Waals surface area contributed by atoms with Crippen molar-refractivity contribution in [2.45, 2.75) is 0 Å². The van der Waals surface area contributed by atoms with Crippen molar-refractivity contribution >= 4 is 23.6 Å². The summed E-state index contributed by atoms with van der Waals surface area (Å²) >= 11 is 0. The van der Waals surface area contributed by atoms with E-state index in [-0.39, 0.29) is 11.1 Å². The molecular weight excluding hydrogens is 384 g/mol. The predicted molar refractivity (Wildman–Crippen MR) is 109 cm³/mol. The van der Waals surface area contributed by atoms with Gasteiger partial charge in [-0.05, 0) is 48.5 Å². The van der Waals surface area contributed by atoms with Gasteiger partial charge in [0, 0.05) is 22.3 Å². The summed E-state index contributed by atoms with van der Waals surface area (Å²) in [5.41, 5.74) is 10.5. The van der Waals surface area contributed by atoms with E-state index < -0.39 is 23.6 Å². The van der Waals surface area contributed by atoms with Crippen molar-refractivity contribution in [2.24, 2.45) is 0 Å². The third kappa shape index (κ3) is 5.29. The molecule has 30 heavy (non-hydrogen) atoms. The van der Waals surface area contributed by atoms with Gasteiger partial charge in [0.1, 0.15) is 0 Å². The zero-order valence-corrected chi connectivity index (χ0v) is 15.7. The van der Waals surface area contributed by atoms with Gasteiger partial charge in [-0.1, -0.05) is 36.4 Å². The number of rotatable bonds is 4. The van der Waals surface area contributed by atoms with Crippen LogP contribution < -0.4 is 21.7 Å². The summed E-state index contributed by atoms with van der Waals surface area (Å²) in [6.07, 6.45) is 0. The van der Waals surface area contributed by atoms with Gasteiger partial charge in [-0.3, -0.25) is 40.9 Å². The summed E-state index contributed by atoms with van der Waals surface area (Å²) in [6, 6.07) is 22.6. The first-order valence-electron chi connectivity index (χ1n) is 8.96. The quantitative estimate of drug-likeness (QED) is 0.498. The second kappa shape index (κ2) is 9.65. The van der Waals surface area contributed by atoms with Crippen LogP contribution in [0.4, 0.5) is 0 Å². The van der Waals surface area contributed by atoms with Crippen molar-refractivity contribution in [2.75, 3.05) is 0 Å². The van der Waals surface area contributed by atoms with Gasteiger partial charge in [-0.2, -0.15) is 0 Å². The van der Waals surface area contributed by atoms with Crippen molar-refractivity contribution in [3.05, 3.63) is 107 Å². The number of amides is 4. The van der Waals surface area contributed by atoms with E-state index in [9.17, 15) is 19.2 Å². The molecule has 3 aromatic rings. The molecule has 0 atom stereocenters. The van der Waals surface area contributed by atoms with Gasteiger partial charge in [0.2, 0.25) is 0 Å². The topological polar surface area (TPSA) is 116 Å². The SMILES string of the molecule is O=C(NNC(=O)c1ccc(C(=O)NNC(=O)c2ccccc2)cc1)c1ccccc1. The molecule has 0 saturated heterocycles. The Bertz CT molecular complexity index is 965. The number of hydrogen-bond donors (Lipinski definition) is 4. The number of nitrogens with one attached hydrogen (secondary N) is 4. The molecule has 0 aliphatic heterocycles. The van der Waals surface area contributed by atoms with Crippen molar-refractivity contribution in [1.29, 1.82) is 0 Å². The zero-order valence-electron chi connectivity index (χ0n) is 15.7. The lowest BCUT2D eigenvalue weighted by Gasteiger charge is -2.09. The van der Waals surface area contributed by atoms with Crippen molar-refractivity contribution in [3.8, 4) is 0 Å². The maximum atomic E-state index is 12.2. The number of carbonyl (C=O) groups is 4. The number of benzene rings is 3. The Morgan fingerprint density at radius 2 is 0.600 bits per heavy atom. The molecule has 4 N–H and O–H groups in total. The number of hydrazine groups is 2. The lowest BCUT2D eigenvalue weighted by Crippen LogP contribution is -2.42. The molecule has 0 heterocycles. The van der Waals surface area contributed by atoms with Crippen molar-refractivity contribution in [3.63, 3.8) is 0 Å². The monoisotopic (exact) mass is 402 g/mol. The summed E-state index contributed by atoms with van der Waals surface area (Å²) in [4.78, 5) is 48.2. The van der Waals surface area contributed by atoms with Crippen LogP contribution in [-0.4, -0.2) is 23.6 Å². The highest BCUT2D eigenvalue weighted by atomic mass is 16.2. The molecule has 0 radical (unpaired) electrons. The van der Waals surface area contributed by atoms with E-state index in [0.29, 0.717) is 11.1 Å². The molecule has 4 amide bonds. The summed E-state index contributed by atoms with van der Waals surface area (Å²) in [5.74, 6) is -1.98. The largest absolute Gasteiger partial charge is 0.269 e. The van der Waals surface area contributed by atoms with Crippen molar-refractivity contribution < 1.29 is 19.2 Å². The van der Waals surface area contributed by atoms with Crippen LogP contribution in [0.15, 0.2) is 84.9 Å². The zero-order chi connectivity index (χ0) is 21.3. The lowest BCUT2D eigenvalue weighted by molar-refractivity contribution is 0.0844. The first-order valence-corrected chi connectivity index (χ1v) is 8.96. The Morgan fingerprint density at radius 1 is 0.367 bits per heavy atom. The maximum absolute atomic E-state index is 12.2. The minimum Gasteiger partial charge on any atom is -0.267 e. The molecule has 8 heteroatoms. The Kier molecular flexibility index (Phi) is 6.52. The normalized spacial score (nSPS) is 9.87. The average molecular weight is 402 g/mol. The van der Waals surface area contributed by atoms with Crippen LogP contribution >= 0.6 is 0 Å². The van der Waals surface area contributed by atoms with E-state index in [1.165, 1.54) is 24.3 Å². The molecule has 0 unspecified atom stereocenters. The number of carbonyl (C=O) groups excluding carboxylic acids is 4. The van der Waals surface area contributed by atoms with Gasteiger partial charge in [0.15, 0.2) is 0 Å². The Hall–Kier alpha value is -4.46. The van der Waals surface area contributed by atoms with E-state index in [1.54, 1.807) is 60.7 Å². The lowest BCUT2D eigenvalue weighted by atomic mass is 10.1. The van der Waals surface area contributed by atoms with Gasteiger partial charge in [-0.15, -0.1) is 0 Å². The highest BCUT2D eigenvalue weighted by molar-refractivity contribution is 6.01. The molecule has 0 aliphatic rings. The Labute approximate surface area is 172 Å². The smallest absolute Gasteiger partial charge is 0.267 e. The van der Waals surface area contributed by atoms with Crippen LogP contribution in [0.3, 0.4) is 0 Å². The average Bonchev–Trinajstić information content (AvgIpc) is 2.81. The Morgan fingerprint density at radius 3 is 0.867 bits per heavy atom. The summed E-state index contributed by atoms with van der Waals surface area (Å²) in [6.45, 7) is 0. The second-order valence-corrected chi connectivity index (χ2v) is 6.13. The molecule has 3 aromatic carbocycles. The van der Waals surface area contributed by atoms with Gasteiger partial charge in [-0.25, -0.2) is 0 Å². The highest BCUT2D eigenvalue weighted by Gasteiger charge is 2.12. The second-order valence-electron chi connectivity index (χ2n) is 6.13. The molecule has 150 valence electrons. The summed E-state index contributed by atoms with van der Waals surface area (Å²) in [5, 5.41) is 0. The molecule has 0 fully saturated rings. The third-order valence-electron chi connectivity index (χ3n) is 4.06. The van der Waals surface area contributed by atoms with E-state index in [2.05, 4.69) is 21.7 Å². The summed E-state index contributed by atoms with van der Waals surface area (Å²) in [7, 11) is 0. The standard InChI is InChI=1S/C22H18N4O4/c27-19(15-7-3-1-4-8-15)23-25-21(29)17-11-13-18(14-12-17)22(30)26-24-20(28)16-9-5-2-6-10-16/h1-14H,(H,23,27)(H,24,28)(H,25,29)(H,26,30). The van der Waals surface area contributed by atoms with Crippen LogP contribution in [0.5, 0.6) is 0 Å².